The van der Waals surface area contributed by atoms with Crippen LogP contribution in [0.4, 0.5) is 0 Å². The van der Waals surface area contributed by atoms with Crippen molar-refractivity contribution in [1.82, 2.24) is 10.2 Å². The number of nitrogens with one attached hydrogen (secondary N) is 1. The van der Waals surface area contributed by atoms with Gasteiger partial charge in [-0.15, -0.1) is 0 Å². The summed E-state index contributed by atoms with van der Waals surface area (Å²) in [5.74, 6) is 0.427. The van der Waals surface area contributed by atoms with Gasteiger partial charge in [-0.05, 0) is 37.6 Å². The predicted octanol–water partition coefficient (Wildman–Crippen LogP) is 2.79. The Morgan fingerprint density at radius 2 is 2.05 bits per heavy atom. The van der Waals surface area contributed by atoms with Crippen LogP contribution in [0.1, 0.15) is 44.9 Å². The first-order valence-corrected chi connectivity index (χ1v) is 8.81. The Bertz CT molecular complexity index is 303. The molecule has 1 unspecified atom stereocenters. The van der Waals surface area contributed by atoms with E-state index < -0.39 is 0 Å². The molecular weight excluding hydrogens is 304 g/mol. The second kappa shape index (κ2) is 7.07. The molecule has 2 fully saturated rings. The van der Waals surface area contributed by atoms with Crippen LogP contribution in [-0.4, -0.2) is 42.8 Å². The first-order valence-electron chi connectivity index (χ1n) is 7.69. The van der Waals surface area contributed by atoms with Crippen molar-refractivity contribution >= 4 is 21.8 Å². The zero-order valence-electron chi connectivity index (χ0n) is 12.1. The summed E-state index contributed by atoms with van der Waals surface area (Å²) in [6.45, 7) is 3.29. The number of rotatable bonds is 4. The number of nitrogens with zero attached hydrogens (tertiary/aromatic N) is 1. The molecule has 1 aliphatic carbocycles. The van der Waals surface area contributed by atoms with Crippen molar-refractivity contribution in [3.05, 3.63) is 0 Å². The van der Waals surface area contributed by atoms with Crippen LogP contribution in [0.15, 0.2) is 0 Å². The van der Waals surface area contributed by atoms with Crippen LogP contribution in [0, 0.1) is 11.3 Å². The van der Waals surface area contributed by atoms with E-state index in [1.807, 2.05) is 0 Å². The minimum Gasteiger partial charge on any atom is -0.359 e. The molecule has 0 aromatic heterocycles. The quantitative estimate of drug-likeness (QED) is 0.804. The molecule has 1 atom stereocenters. The van der Waals surface area contributed by atoms with E-state index in [0.717, 1.165) is 24.7 Å². The van der Waals surface area contributed by atoms with Gasteiger partial charge in [-0.1, -0.05) is 35.2 Å². The number of piperidine rings is 1. The number of alkyl halides is 1. The number of carbonyl (C=O) groups is 1. The number of hydrogen-bond acceptors (Lipinski definition) is 2. The van der Waals surface area contributed by atoms with Crippen molar-refractivity contribution in [3.63, 3.8) is 0 Å². The fraction of sp³-hybridized carbons (Fsp3) is 0.933. The lowest BCUT2D eigenvalue weighted by Crippen LogP contribution is -2.47. The van der Waals surface area contributed by atoms with Gasteiger partial charge in [0.05, 0.1) is 5.92 Å². The van der Waals surface area contributed by atoms with Crippen molar-refractivity contribution in [2.45, 2.75) is 44.9 Å². The zero-order valence-corrected chi connectivity index (χ0v) is 13.7. The van der Waals surface area contributed by atoms with E-state index in [0.29, 0.717) is 5.41 Å². The lowest BCUT2D eigenvalue weighted by Gasteiger charge is -2.42. The maximum Gasteiger partial charge on any atom is 0.224 e. The lowest BCUT2D eigenvalue weighted by molar-refractivity contribution is -0.126. The monoisotopic (exact) mass is 330 g/mol. The highest BCUT2D eigenvalue weighted by Gasteiger charge is 2.35. The van der Waals surface area contributed by atoms with Gasteiger partial charge in [-0.3, -0.25) is 4.79 Å². The summed E-state index contributed by atoms with van der Waals surface area (Å²) in [5.41, 5.74) is 0.461. The highest BCUT2D eigenvalue weighted by molar-refractivity contribution is 9.09. The topological polar surface area (TPSA) is 32.3 Å². The Kier molecular flexibility index (Phi) is 5.70. The van der Waals surface area contributed by atoms with Crippen LogP contribution < -0.4 is 5.32 Å². The van der Waals surface area contributed by atoms with Crippen LogP contribution >= 0.6 is 15.9 Å². The van der Waals surface area contributed by atoms with E-state index in [1.165, 1.54) is 45.2 Å². The fourth-order valence-corrected chi connectivity index (χ4v) is 4.47. The second-order valence-corrected chi connectivity index (χ2v) is 6.94. The van der Waals surface area contributed by atoms with Crippen molar-refractivity contribution in [3.8, 4) is 0 Å². The van der Waals surface area contributed by atoms with Crippen molar-refractivity contribution in [2.24, 2.45) is 11.3 Å². The first kappa shape index (κ1) is 15.3. The fourth-order valence-electron chi connectivity index (χ4n) is 3.73. The van der Waals surface area contributed by atoms with Crippen LogP contribution in [-0.2, 0) is 4.79 Å². The molecule has 0 spiro atoms. The van der Waals surface area contributed by atoms with Crippen molar-refractivity contribution in [1.29, 1.82) is 0 Å². The van der Waals surface area contributed by atoms with Gasteiger partial charge in [0.15, 0.2) is 0 Å². The molecule has 0 aromatic carbocycles. The molecule has 2 aliphatic rings. The summed E-state index contributed by atoms with van der Waals surface area (Å²) in [6, 6.07) is 0. The standard InChI is InChI=1S/C15H27BrN2O/c1-17-14(19)13-6-5-9-18(10-13)12-15(11-16)7-3-2-4-8-15/h13H,2-12H2,1H3,(H,17,19). The van der Waals surface area contributed by atoms with E-state index in [1.54, 1.807) is 7.05 Å². The molecule has 1 N–H and O–H groups in total. The summed E-state index contributed by atoms with van der Waals surface area (Å²) in [7, 11) is 1.75. The molecular formula is C15H27BrN2O. The highest BCUT2D eigenvalue weighted by atomic mass is 79.9. The number of carbonyl (C=O) groups excluding carboxylic acids is 1. The van der Waals surface area contributed by atoms with Gasteiger partial charge in [-0.2, -0.15) is 0 Å². The van der Waals surface area contributed by atoms with Gasteiger partial charge in [0.25, 0.3) is 0 Å². The average molecular weight is 331 g/mol. The van der Waals surface area contributed by atoms with E-state index in [9.17, 15) is 4.79 Å². The molecule has 1 heterocycles. The smallest absolute Gasteiger partial charge is 0.224 e. The Balaban J connectivity index is 1.91. The normalized spacial score (nSPS) is 28.0. The van der Waals surface area contributed by atoms with Gasteiger partial charge in [0, 0.05) is 25.5 Å². The van der Waals surface area contributed by atoms with Crippen LogP contribution in [0.3, 0.4) is 0 Å². The zero-order chi connectivity index (χ0) is 13.7. The number of likely N-dealkylation sites (tertiary alicyclic amines) is 1. The molecule has 19 heavy (non-hydrogen) atoms. The first-order chi connectivity index (χ1) is 9.19. The second-order valence-electron chi connectivity index (χ2n) is 6.38. The molecule has 0 radical (unpaired) electrons. The van der Waals surface area contributed by atoms with Crippen molar-refractivity contribution in [2.75, 3.05) is 32.0 Å². The maximum atomic E-state index is 11.8. The van der Waals surface area contributed by atoms with Gasteiger partial charge < -0.3 is 10.2 Å². The third-order valence-corrected chi connectivity index (χ3v) is 6.07. The van der Waals surface area contributed by atoms with E-state index in [4.69, 9.17) is 0 Å². The molecule has 1 amide bonds. The number of halogens is 1. The van der Waals surface area contributed by atoms with Gasteiger partial charge in [0.1, 0.15) is 0 Å². The minimum absolute atomic E-state index is 0.203. The summed E-state index contributed by atoms with van der Waals surface area (Å²) in [4.78, 5) is 14.3. The molecule has 1 saturated carbocycles. The average Bonchev–Trinajstić information content (AvgIpc) is 2.47. The Morgan fingerprint density at radius 3 is 2.68 bits per heavy atom. The van der Waals surface area contributed by atoms with Crippen molar-refractivity contribution < 1.29 is 4.79 Å². The SMILES string of the molecule is CNC(=O)C1CCCN(CC2(CBr)CCCCC2)C1. The van der Waals surface area contributed by atoms with E-state index >= 15 is 0 Å². The Hall–Kier alpha value is -0.0900. The molecule has 0 aromatic rings. The van der Waals surface area contributed by atoms with Gasteiger partial charge in [-0.25, -0.2) is 0 Å². The van der Waals surface area contributed by atoms with E-state index in [2.05, 4.69) is 26.1 Å². The molecule has 1 aliphatic heterocycles. The maximum absolute atomic E-state index is 11.8. The number of amides is 1. The van der Waals surface area contributed by atoms with Crippen LogP contribution in [0.25, 0.3) is 0 Å². The number of hydrogen-bond donors (Lipinski definition) is 1. The lowest BCUT2D eigenvalue weighted by atomic mass is 9.75. The predicted molar refractivity (Wildman–Crippen MR) is 82.5 cm³/mol. The summed E-state index contributed by atoms with van der Waals surface area (Å²) in [5, 5.41) is 3.92. The Morgan fingerprint density at radius 1 is 1.32 bits per heavy atom. The highest BCUT2D eigenvalue weighted by Crippen LogP contribution is 2.39. The largest absolute Gasteiger partial charge is 0.359 e. The minimum atomic E-state index is 0.203. The van der Waals surface area contributed by atoms with Crippen LogP contribution in [0.5, 0.6) is 0 Å². The van der Waals surface area contributed by atoms with Crippen LogP contribution in [0.2, 0.25) is 0 Å². The third kappa shape index (κ3) is 3.94. The molecule has 3 nitrogen and oxygen atoms in total. The van der Waals surface area contributed by atoms with Gasteiger partial charge >= 0.3 is 0 Å². The molecule has 4 heteroatoms. The molecule has 1 saturated heterocycles. The molecule has 110 valence electrons. The van der Waals surface area contributed by atoms with E-state index in [-0.39, 0.29) is 11.8 Å². The third-order valence-electron chi connectivity index (χ3n) is 4.88. The summed E-state index contributed by atoms with van der Waals surface area (Å²) in [6.07, 6.45) is 9.05. The molecule has 2 rings (SSSR count). The summed E-state index contributed by atoms with van der Waals surface area (Å²) < 4.78 is 0. The Labute approximate surface area is 125 Å². The molecule has 0 bridgehead atoms. The van der Waals surface area contributed by atoms with Gasteiger partial charge in [0.2, 0.25) is 5.91 Å². The summed E-state index contributed by atoms with van der Waals surface area (Å²) >= 11 is 3.75.